The number of nitrogens with two attached hydrogens (primary N) is 1. The van der Waals surface area contributed by atoms with Crippen LogP contribution < -0.4 is 11.3 Å². The molecule has 2 amide bonds. The Morgan fingerprint density at radius 2 is 1.65 bits per heavy atom. The minimum absolute atomic E-state index is 0.115. The molecule has 0 saturated heterocycles. The molecule has 11 heteroatoms. The lowest BCUT2D eigenvalue weighted by Crippen LogP contribution is -2.45. The molecule has 0 aliphatic heterocycles. The van der Waals surface area contributed by atoms with E-state index in [1.165, 1.54) is 23.8 Å². The summed E-state index contributed by atoms with van der Waals surface area (Å²) >= 11 is 0. The molecule has 0 spiro atoms. The predicted octanol–water partition coefficient (Wildman–Crippen LogP) is 3.07. The molecule has 0 aliphatic carbocycles. The number of fused-ring (bicyclic) bond motifs is 1. The van der Waals surface area contributed by atoms with Crippen LogP contribution in [0, 0.1) is 0 Å². The maximum Gasteiger partial charge on any atom is 0.437 e. The van der Waals surface area contributed by atoms with Gasteiger partial charge in [0.25, 0.3) is 5.56 Å². The van der Waals surface area contributed by atoms with E-state index in [1.807, 2.05) is 0 Å². The zero-order chi connectivity index (χ0) is 25.8. The Bertz CT molecular complexity index is 1190. The topological polar surface area (TPSA) is 142 Å². The normalized spacial score (nSPS) is 12.3. The molecule has 11 nitrogen and oxygen atoms in total. The Balaban J connectivity index is 2.44. The van der Waals surface area contributed by atoms with Crippen molar-refractivity contribution in [2.45, 2.75) is 59.3 Å². The highest BCUT2D eigenvalue weighted by Gasteiger charge is 2.26. The van der Waals surface area contributed by atoms with E-state index in [0.29, 0.717) is 11.1 Å². The highest BCUT2D eigenvalue weighted by molar-refractivity contribution is 5.98. The molecule has 184 valence electrons. The predicted molar refractivity (Wildman–Crippen MR) is 125 cm³/mol. The number of methoxy groups -OCH3 is 1. The highest BCUT2D eigenvalue weighted by atomic mass is 16.6. The smallest absolute Gasteiger partial charge is 0.437 e. The molecular weight excluding hydrogens is 444 g/mol. The van der Waals surface area contributed by atoms with Gasteiger partial charge >= 0.3 is 18.2 Å². The third-order valence-electron chi connectivity index (χ3n) is 4.11. The number of amides is 2. The van der Waals surface area contributed by atoms with Crippen molar-refractivity contribution in [3.05, 3.63) is 51.9 Å². The summed E-state index contributed by atoms with van der Waals surface area (Å²) in [6, 6.07) is 5.87. The summed E-state index contributed by atoms with van der Waals surface area (Å²) in [4.78, 5) is 53.9. The molecule has 34 heavy (non-hydrogen) atoms. The van der Waals surface area contributed by atoms with Crippen LogP contribution in [0.3, 0.4) is 0 Å². The highest BCUT2D eigenvalue weighted by Crippen LogP contribution is 2.15. The number of ether oxygens (including phenoxy) is 3. The van der Waals surface area contributed by atoms with Gasteiger partial charge in [0.2, 0.25) is 5.96 Å². The average Bonchev–Trinajstić information content (AvgIpc) is 2.68. The number of guanidine groups is 1. The van der Waals surface area contributed by atoms with Crippen LogP contribution in [-0.4, -0.2) is 51.7 Å². The second kappa shape index (κ2) is 9.94. The first-order valence-corrected chi connectivity index (χ1v) is 10.4. The summed E-state index contributed by atoms with van der Waals surface area (Å²) in [5.74, 6) is -1.07. The van der Waals surface area contributed by atoms with Crippen molar-refractivity contribution >= 4 is 29.6 Å². The zero-order valence-electron chi connectivity index (χ0n) is 20.4. The molecule has 0 aromatic carbocycles. The number of rotatable bonds is 3. The number of nitrogens with zero attached hydrogens (tertiary/aromatic N) is 3. The number of aliphatic imine (C=N–C) groups is 1. The zero-order valence-corrected chi connectivity index (χ0v) is 20.4. The second-order valence-electron chi connectivity index (χ2n) is 9.42. The quantitative estimate of drug-likeness (QED) is 0.309. The summed E-state index contributed by atoms with van der Waals surface area (Å²) < 4.78 is 16.5. The van der Waals surface area contributed by atoms with Crippen molar-refractivity contribution in [3.8, 4) is 0 Å². The van der Waals surface area contributed by atoms with E-state index in [9.17, 15) is 19.2 Å². The lowest BCUT2D eigenvalue weighted by Gasteiger charge is -2.27. The molecule has 0 radical (unpaired) electrons. The molecule has 2 heterocycles. The Hall–Kier alpha value is -3.89. The van der Waals surface area contributed by atoms with Gasteiger partial charge in [-0.15, -0.1) is 4.99 Å². The molecular formula is C23H30N4O7. The van der Waals surface area contributed by atoms with Crippen molar-refractivity contribution in [2.24, 2.45) is 10.7 Å². The number of carbonyl (C=O) groups excluding carboxylic acids is 3. The van der Waals surface area contributed by atoms with E-state index in [-0.39, 0.29) is 12.1 Å². The lowest BCUT2D eigenvalue weighted by molar-refractivity contribution is 0.0355. The van der Waals surface area contributed by atoms with E-state index < -0.39 is 40.9 Å². The Morgan fingerprint density at radius 1 is 1.03 bits per heavy atom. The summed E-state index contributed by atoms with van der Waals surface area (Å²) in [6.07, 6.45) is -0.328. The number of carbonyl (C=O) groups is 3. The molecule has 0 unspecified atom stereocenters. The summed E-state index contributed by atoms with van der Waals surface area (Å²) in [5, 5.41) is 0. The Morgan fingerprint density at radius 3 is 2.21 bits per heavy atom. The number of esters is 1. The fourth-order valence-electron chi connectivity index (χ4n) is 2.77. The fraction of sp³-hybridized carbons (Fsp3) is 0.435. The van der Waals surface area contributed by atoms with Crippen molar-refractivity contribution in [1.82, 2.24) is 9.30 Å². The molecule has 2 rings (SSSR count). The van der Waals surface area contributed by atoms with Gasteiger partial charge in [-0.1, -0.05) is 6.07 Å². The van der Waals surface area contributed by atoms with Crippen LogP contribution >= 0.6 is 0 Å². The second-order valence-corrected chi connectivity index (χ2v) is 9.42. The van der Waals surface area contributed by atoms with Crippen LogP contribution in [0.25, 0.3) is 5.52 Å². The van der Waals surface area contributed by atoms with Gasteiger partial charge in [-0.2, -0.15) is 0 Å². The molecule has 0 aliphatic rings. The van der Waals surface area contributed by atoms with E-state index in [2.05, 4.69) is 9.73 Å². The van der Waals surface area contributed by atoms with Crippen LogP contribution in [0.1, 0.15) is 57.5 Å². The van der Waals surface area contributed by atoms with E-state index in [1.54, 1.807) is 53.7 Å². The van der Waals surface area contributed by atoms with Crippen molar-refractivity contribution in [1.29, 1.82) is 0 Å². The van der Waals surface area contributed by atoms with Crippen molar-refractivity contribution < 1.29 is 28.6 Å². The van der Waals surface area contributed by atoms with Gasteiger partial charge in [-0.05, 0) is 59.2 Å². The van der Waals surface area contributed by atoms with Gasteiger partial charge in [0.1, 0.15) is 11.2 Å². The van der Waals surface area contributed by atoms with E-state index in [0.717, 1.165) is 11.0 Å². The molecule has 0 bridgehead atoms. The maximum atomic E-state index is 12.8. The van der Waals surface area contributed by atoms with Crippen LogP contribution in [-0.2, 0) is 20.8 Å². The number of pyridine rings is 2. The third kappa shape index (κ3) is 7.32. The fourth-order valence-corrected chi connectivity index (χ4v) is 2.77. The lowest BCUT2D eigenvalue weighted by atomic mass is 10.2. The van der Waals surface area contributed by atoms with Gasteiger partial charge in [0, 0.05) is 17.8 Å². The van der Waals surface area contributed by atoms with Crippen LogP contribution in [0.2, 0.25) is 0 Å². The number of hydrogen-bond donors (Lipinski definition) is 1. The standard InChI is InChI=1S/C23H30N4O7/c1-22(2,3)33-20(30)25-19(24)27(21(31)34-23(4,5)6)13-14-8-9-16-10-15(18(29)32-7)11-17(28)26(16)12-14/h8-12H,13H2,1-7H3,(H2,24,25,30). The molecule has 0 atom stereocenters. The molecule has 2 aromatic heterocycles. The van der Waals surface area contributed by atoms with Gasteiger partial charge in [-0.25, -0.2) is 19.3 Å². The number of hydrogen-bond acceptors (Lipinski definition) is 7. The van der Waals surface area contributed by atoms with Crippen molar-refractivity contribution in [2.75, 3.05) is 7.11 Å². The minimum Gasteiger partial charge on any atom is -0.465 e. The summed E-state index contributed by atoms with van der Waals surface area (Å²) in [5.41, 5.74) is 4.89. The average molecular weight is 475 g/mol. The molecule has 2 N–H and O–H groups in total. The monoisotopic (exact) mass is 474 g/mol. The molecule has 2 aromatic rings. The first-order valence-electron chi connectivity index (χ1n) is 10.4. The summed E-state index contributed by atoms with van der Waals surface area (Å²) in [7, 11) is 1.22. The largest absolute Gasteiger partial charge is 0.465 e. The first-order chi connectivity index (χ1) is 15.6. The Labute approximate surface area is 197 Å². The van der Waals surface area contributed by atoms with Gasteiger partial charge in [0.15, 0.2) is 0 Å². The number of aromatic nitrogens is 1. The molecule has 0 saturated carbocycles. The van der Waals surface area contributed by atoms with Gasteiger partial charge < -0.3 is 19.9 Å². The summed E-state index contributed by atoms with van der Waals surface area (Å²) in [6.45, 7) is 9.88. The van der Waals surface area contributed by atoms with Crippen LogP contribution in [0.4, 0.5) is 9.59 Å². The van der Waals surface area contributed by atoms with E-state index >= 15 is 0 Å². The first kappa shape index (κ1) is 26.4. The Kier molecular flexibility index (Phi) is 7.71. The molecule has 0 fully saturated rings. The van der Waals surface area contributed by atoms with Gasteiger partial charge in [-0.3, -0.25) is 9.20 Å². The van der Waals surface area contributed by atoms with Crippen LogP contribution in [0.5, 0.6) is 0 Å². The SMILES string of the molecule is COC(=O)c1cc(=O)n2cc(CN(C(=O)OC(C)(C)C)/C(N)=N/C(=O)OC(C)(C)C)ccc2c1. The third-order valence-corrected chi connectivity index (χ3v) is 4.11. The van der Waals surface area contributed by atoms with E-state index in [4.69, 9.17) is 15.2 Å². The maximum absolute atomic E-state index is 12.8. The van der Waals surface area contributed by atoms with Crippen LogP contribution in [0.15, 0.2) is 40.2 Å². The minimum atomic E-state index is -0.969. The van der Waals surface area contributed by atoms with Gasteiger partial charge in [0.05, 0.1) is 19.2 Å². The van der Waals surface area contributed by atoms with Crippen molar-refractivity contribution in [3.63, 3.8) is 0 Å².